The fourth-order valence-corrected chi connectivity index (χ4v) is 0.275. The Labute approximate surface area is 70.2 Å². The van der Waals surface area contributed by atoms with Crippen molar-refractivity contribution in [3.63, 3.8) is 0 Å². The summed E-state index contributed by atoms with van der Waals surface area (Å²) in [6.07, 6.45) is 0.250. The van der Waals surface area contributed by atoms with Crippen LogP contribution in [-0.2, 0) is 9.59 Å². The molecule has 72 valence electrons. The van der Waals surface area contributed by atoms with Gasteiger partial charge in [-0.25, -0.2) is 0 Å². The zero-order chi connectivity index (χ0) is 9.98. The average molecular weight is 179 g/mol. The standard InChI is InChI=1S/2C3H7NO2/c2*4-2-1-3(5)6/h2*1-2,4H2,(H,5,6)/p+1. The normalized spacial score (nSPS) is 8.17. The number of hydrogen-bond acceptors (Lipinski definition) is 3. The van der Waals surface area contributed by atoms with Crippen molar-refractivity contribution in [3.05, 3.63) is 0 Å². The van der Waals surface area contributed by atoms with Crippen LogP contribution in [0.5, 0.6) is 0 Å². The first kappa shape index (κ1) is 13.4. The molecule has 7 N–H and O–H groups in total. The van der Waals surface area contributed by atoms with E-state index >= 15 is 0 Å². The Morgan fingerprint density at radius 3 is 1.58 bits per heavy atom. The fourth-order valence-electron chi connectivity index (χ4n) is 0.275. The van der Waals surface area contributed by atoms with Gasteiger partial charge in [-0.05, 0) is 0 Å². The lowest BCUT2D eigenvalue weighted by atomic mass is 10.5. The molecule has 0 aromatic heterocycles. The molecule has 0 rings (SSSR count). The van der Waals surface area contributed by atoms with Crippen LogP contribution in [-0.4, -0.2) is 35.2 Å². The van der Waals surface area contributed by atoms with E-state index in [1.165, 1.54) is 0 Å². The highest BCUT2D eigenvalue weighted by molar-refractivity contribution is 5.66. The predicted octanol–water partition coefficient (Wildman–Crippen LogP) is -1.88. The smallest absolute Gasteiger partial charge is 0.309 e. The second kappa shape index (κ2) is 9.86. The van der Waals surface area contributed by atoms with Crippen LogP contribution in [0.4, 0.5) is 0 Å². The summed E-state index contributed by atoms with van der Waals surface area (Å²) >= 11 is 0. The van der Waals surface area contributed by atoms with Gasteiger partial charge in [-0.1, -0.05) is 0 Å². The average Bonchev–Trinajstić information content (AvgIpc) is 1.87. The summed E-state index contributed by atoms with van der Waals surface area (Å²) in [5.41, 5.74) is 8.19. The second-order valence-corrected chi connectivity index (χ2v) is 1.93. The number of aliphatic carboxylic acids is 2. The minimum absolute atomic E-state index is 0.0694. The minimum Gasteiger partial charge on any atom is -0.481 e. The molecular formula is C6H15N2O4+. The van der Waals surface area contributed by atoms with E-state index in [4.69, 9.17) is 15.9 Å². The zero-order valence-corrected chi connectivity index (χ0v) is 6.82. The summed E-state index contributed by atoms with van der Waals surface area (Å²) in [7, 11) is 0. The monoisotopic (exact) mass is 179 g/mol. The van der Waals surface area contributed by atoms with Crippen molar-refractivity contribution in [1.82, 2.24) is 0 Å². The Morgan fingerprint density at radius 2 is 1.58 bits per heavy atom. The molecule has 0 aliphatic rings. The molecule has 0 fully saturated rings. The van der Waals surface area contributed by atoms with Gasteiger partial charge in [-0.15, -0.1) is 0 Å². The van der Waals surface area contributed by atoms with Crippen molar-refractivity contribution in [2.75, 3.05) is 13.1 Å². The van der Waals surface area contributed by atoms with Crippen LogP contribution in [0.2, 0.25) is 0 Å². The van der Waals surface area contributed by atoms with Crippen molar-refractivity contribution in [2.45, 2.75) is 12.8 Å². The number of quaternary nitrogens is 1. The molecule has 0 unspecified atom stereocenters. The highest BCUT2D eigenvalue weighted by Crippen LogP contribution is 1.67. The Balaban J connectivity index is 0. The van der Waals surface area contributed by atoms with E-state index in [0.717, 1.165) is 0 Å². The van der Waals surface area contributed by atoms with E-state index in [9.17, 15) is 9.59 Å². The number of carboxylic acids is 2. The van der Waals surface area contributed by atoms with Crippen molar-refractivity contribution in [1.29, 1.82) is 0 Å². The zero-order valence-electron chi connectivity index (χ0n) is 6.82. The van der Waals surface area contributed by atoms with E-state index in [2.05, 4.69) is 5.73 Å². The summed E-state index contributed by atoms with van der Waals surface area (Å²) in [5.74, 6) is -1.61. The van der Waals surface area contributed by atoms with Crippen molar-refractivity contribution < 1.29 is 25.5 Å². The molecule has 0 atom stereocenters. The number of carboxylic acid groups (broad SMARTS) is 2. The van der Waals surface area contributed by atoms with Crippen molar-refractivity contribution in [2.24, 2.45) is 5.73 Å². The molecule has 0 aliphatic carbocycles. The summed E-state index contributed by atoms with van der Waals surface area (Å²) in [5, 5.41) is 15.7. The molecule has 0 spiro atoms. The van der Waals surface area contributed by atoms with Crippen molar-refractivity contribution in [3.8, 4) is 0 Å². The van der Waals surface area contributed by atoms with Crippen LogP contribution in [0.25, 0.3) is 0 Å². The van der Waals surface area contributed by atoms with Gasteiger partial charge in [0.15, 0.2) is 0 Å². The Hall–Kier alpha value is -1.14. The van der Waals surface area contributed by atoms with Gasteiger partial charge in [0.2, 0.25) is 0 Å². The molecule has 0 saturated carbocycles. The number of rotatable bonds is 4. The molecule has 6 heteroatoms. The van der Waals surface area contributed by atoms with Gasteiger partial charge in [0, 0.05) is 6.54 Å². The lowest BCUT2D eigenvalue weighted by molar-refractivity contribution is -0.366. The molecule has 0 aromatic rings. The number of nitrogens with two attached hydrogens (primary N) is 1. The predicted molar refractivity (Wildman–Crippen MR) is 41.3 cm³/mol. The highest BCUT2D eigenvalue weighted by atomic mass is 16.4. The molecule has 0 aromatic carbocycles. The molecule has 6 nitrogen and oxygen atoms in total. The first-order chi connectivity index (χ1) is 5.54. The van der Waals surface area contributed by atoms with E-state index in [0.29, 0.717) is 6.54 Å². The van der Waals surface area contributed by atoms with Crippen LogP contribution in [0.15, 0.2) is 0 Å². The molecule has 0 bridgehead atoms. The van der Waals surface area contributed by atoms with Gasteiger partial charge < -0.3 is 21.7 Å². The fraction of sp³-hybridized carbons (Fsp3) is 0.667. The van der Waals surface area contributed by atoms with E-state index < -0.39 is 11.9 Å². The number of carbonyl (C=O) groups is 2. The maximum absolute atomic E-state index is 9.56. The van der Waals surface area contributed by atoms with Gasteiger partial charge in [-0.3, -0.25) is 9.59 Å². The third-order valence-electron chi connectivity index (χ3n) is 0.749. The first-order valence-electron chi connectivity index (χ1n) is 3.47. The summed E-state index contributed by atoms with van der Waals surface area (Å²) < 4.78 is 0. The third-order valence-corrected chi connectivity index (χ3v) is 0.749. The van der Waals surface area contributed by atoms with Gasteiger partial charge in [-0.2, -0.15) is 0 Å². The van der Waals surface area contributed by atoms with Crippen LogP contribution in [0.3, 0.4) is 0 Å². The Kier molecular flexibility index (Phi) is 11.1. The Morgan fingerprint density at radius 1 is 1.17 bits per heavy atom. The van der Waals surface area contributed by atoms with Gasteiger partial charge in [0.25, 0.3) is 0 Å². The molecule has 0 heterocycles. The van der Waals surface area contributed by atoms with Crippen LogP contribution in [0.1, 0.15) is 12.8 Å². The summed E-state index contributed by atoms with van der Waals surface area (Å²) in [4.78, 5) is 19.1. The maximum Gasteiger partial charge on any atom is 0.309 e. The molecule has 0 radical (unpaired) electrons. The molecule has 0 saturated heterocycles. The van der Waals surface area contributed by atoms with Crippen LogP contribution >= 0.6 is 0 Å². The van der Waals surface area contributed by atoms with E-state index in [-0.39, 0.29) is 19.4 Å². The largest absolute Gasteiger partial charge is 0.481 e. The van der Waals surface area contributed by atoms with Gasteiger partial charge >= 0.3 is 11.9 Å². The lowest BCUT2D eigenvalue weighted by Crippen LogP contribution is -2.50. The quantitative estimate of drug-likeness (QED) is 0.401. The highest BCUT2D eigenvalue weighted by Gasteiger charge is 1.90. The van der Waals surface area contributed by atoms with E-state index in [1.54, 1.807) is 0 Å². The second-order valence-electron chi connectivity index (χ2n) is 1.93. The SMILES string of the molecule is NCCC(=O)O.[NH3+]CCC(=O)O. The molecule has 0 aliphatic heterocycles. The molecule has 0 amide bonds. The van der Waals surface area contributed by atoms with Crippen molar-refractivity contribution >= 4 is 11.9 Å². The van der Waals surface area contributed by atoms with Crippen LogP contribution < -0.4 is 11.5 Å². The maximum atomic E-state index is 9.56. The molecule has 12 heavy (non-hydrogen) atoms. The summed E-state index contributed by atoms with van der Waals surface area (Å²) in [6.45, 7) is 0.713. The topological polar surface area (TPSA) is 128 Å². The van der Waals surface area contributed by atoms with Gasteiger partial charge in [0.1, 0.15) is 0 Å². The molecular weight excluding hydrogens is 164 g/mol. The number of hydrogen-bond donors (Lipinski definition) is 4. The van der Waals surface area contributed by atoms with E-state index in [1.807, 2.05) is 0 Å². The third kappa shape index (κ3) is 23.2. The summed E-state index contributed by atoms with van der Waals surface area (Å²) in [6, 6.07) is 0. The van der Waals surface area contributed by atoms with Crippen LogP contribution in [0, 0.1) is 0 Å². The lowest BCUT2D eigenvalue weighted by Gasteiger charge is -1.80. The minimum atomic E-state index is -0.836. The first-order valence-corrected chi connectivity index (χ1v) is 3.47. The van der Waals surface area contributed by atoms with Gasteiger partial charge in [0.05, 0.1) is 19.4 Å². The Bertz CT molecular complexity index is 122.